The monoisotopic (exact) mass is 651 g/mol. The van der Waals surface area contributed by atoms with E-state index in [1.54, 1.807) is 0 Å². The number of fused-ring (bicyclic) bond motifs is 1. The maximum absolute atomic E-state index is 12.0. The molecule has 0 bridgehead atoms. The van der Waals surface area contributed by atoms with E-state index in [1.807, 2.05) is 0 Å². The van der Waals surface area contributed by atoms with Gasteiger partial charge in [-0.1, -0.05) is 12.1 Å². The molecule has 0 atom stereocenters. The van der Waals surface area contributed by atoms with Gasteiger partial charge in [0.2, 0.25) is 11.2 Å². The molecule has 0 fully saturated rings. The van der Waals surface area contributed by atoms with Gasteiger partial charge in [-0.15, -0.1) is 5.11 Å². The normalized spacial score (nSPS) is 12.1. The number of anilines is 2. The molecule has 0 aliphatic carbocycles. The van der Waals surface area contributed by atoms with Crippen LogP contribution in [0.4, 0.5) is 28.7 Å². The average molecular weight is 652 g/mol. The molecule has 1 heterocycles. The zero-order valence-corrected chi connectivity index (χ0v) is 28.7. The molecule has 0 aliphatic heterocycles. The molecule has 3 aromatic carbocycles. The van der Waals surface area contributed by atoms with E-state index in [0.717, 1.165) is 24.3 Å². The fourth-order valence-electron chi connectivity index (χ4n) is 3.46. The van der Waals surface area contributed by atoms with E-state index in [1.165, 1.54) is 38.3 Å². The van der Waals surface area contributed by atoms with Gasteiger partial charge in [0.15, 0.2) is 0 Å². The minimum atomic E-state index is -5.02. The second-order valence-electron chi connectivity index (χ2n) is 7.80. The van der Waals surface area contributed by atoms with Crippen molar-refractivity contribution in [3.63, 3.8) is 0 Å². The topological polar surface area (TPSA) is 232 Å². The summed E-state index contributed by atoms with van der Waals surface area (Å²) in [7, 11) is -8.55. The van der Waals surface area contributed by atoms with E-state index in [2.05, 4.69) is 35.5 Å². The van der Waals surface area contributed by atoms with E-state index in [-0.39, 0.29) is 104 Å². The van der Waals surface area contributed by atoms with Crippen LogP contribution >= 0.6 is 11.6 Å². The molecule has 0 saturated heterocycles. The second-order valence-corrected chi connectivity index (χ2v) is 10.9. The summed E-state index contributed by atoms with van der Waals surface area (Å²) in [6.45, 7) is 1.20. The van der Waals surface area contributed by atoms with Crippen molar-refractivity contribution in [2.75, 3.05) is 12.4 Å². The van der Waals surface area contributed by atoms with Crippen molar-refractivity contribution in [3.8, 4) is 6.01 Å². The largest absolute Gasteiger partial charge is 1.00 e. The molecule has 0 unspecified atom stereocenters. The maximum atomic E-state index is 12.0. The Labute approximate surface area is 288 Å². The zero-order chi connectivity index (χ0) is 29.2. The van der Waals surface area contributed by atoms with Crippen molar-refractivity contribution >= 4 is 77.2 Å². The first-order valence-corrected chi connectivity index (χ1v) is 14.0. The van der Waals surface area contributed by atoms with Crippen LogP contribution in [0, 0.1) is 0 Å². The number of ether oxygens (including phenoxy) is 1. The molecular formula is C22H16ClN7Na2O8S2. The molecule has 42 heavy (non-hydrogen) atoms. The van der Waals surface area contributed by atoms with Crippen LogP contribution in [0.2, 0.25) is 5.28 Å². The van der Waals surface area contributed by atoms with E-state index in [4.69, 9.17) is 16.3 Å². The Hall–Kier alpha value is -2.29. The number of nitrogens with zero attached hydrogens (tertiary/aromatic N) is 6. The van der Waals surface area contributed by atoms with Crippen molar-refractivity contribution < 1.29 is 94.9 Å². The summed E-state index contributed by atoms with van der Waals surface area (Å²) >= 11 is 5.85. The number of aliphatic imine (C=N–C) groups is 1. The van der Waals surface area contributed by atoms with Gasteiger partial charge < -0.3 is 19.7 Å². The summed E-state index contributed by atoms with van der Waals surface area (Å²) in [5.41, 5.74) is 0.212. The number of aromatic nitrogens is 3. The predicted molar refractivity (Wildman–Crippen MR) is 140 cm³/mol. The third-order valence-electron chi connectivity index (χ3n) is 5.00. The number of hydrogen-bond donors (Lipinski definition) is 2. The molecule has 4 rings (SSSR count). The van der Waals surface area contributed by atoms with Gasteiger partial charge in [0.05, 0.1) is 23.4 Å². The van der Waals surface area contributed by atoms with E-state index >= 15 is 0 Å². The molecule has 0 radical (unpaired) electrons. The van der Waals surface area contributed by atoms with Crippen LogP contribution in [0.15, 0.2) is 73.5 Å². The van der Waals surface area contributed by atoms with Crippen LogP contribution in [0.1, 0.15) is 6.92 Å². The summed E-state index contributed by atoms with van der Waals surface area (Å²) in [5, 5.41) is 21.9. The molecule has 1 aromatic heterocycles. The Morgan fingerprint density at radius 1 is 0.952 bits per heavy atom. The zero-order valence-electron chi connectivity index (χ0n) is 22.3. The van der Waals surface area contributed by atoms with Crippen molar-refractivity contribution in [2.45, 2.75) is 16.7 Å². The Bertz CT molecular complexity index is 1920. The van der Waals surface area contributed by atoms with Gasteiger partial charge in [-0.05, 0) is 60.8 Å². The molecule has 20 heteroatoms. The summed E-state index contributed by atoms with van der Waals surface area (Å²) in [6.07, 6.45) is 0. The number of methoxy groups -OCH3 is 1. The van der Waals surface area contributed by atoms with Crippen LogP contribution in [0.25, 0.3) is 10.8 Å². The minimum Gasteiger partial charge on any atom is -0.862 e. The number of hydrogen-bond acceptors (Lipinski definition) is 14. The third-order valence-corrected chi connectivity index (χ3v) is 6.96. The third kappa shape index (κ3) is 8.87. The van der Waals surface area contributed by atoms with Crippen molar-refractivity contribution in [1.82, 2.24) is 15.0 Å². The van der Waals surface area contributed by atoms with Gasteiger partial charge in [0.25, 0.3) is 10.1 Å². The number of halogens is 1. The van der Waals surface area contributed by atoms with Crippen LogP contribution in [0.3, 0.4) is 0 Å². The van der Waals surface area contributed by atoms with Crippen LogP contribution in [-0.2, 0) is 20.2 Å². The van der Waals surface area contributed by atoms with Crippen LogP contribution in [0.5, 0.6) is 6.01 Å². The van der Waals surface area contributed by atoms with E-state index < -0.39 is 35.9 Å². The Balaban J connectivity index is 0.00000308. The van der Waals surface area contributed by atoms with Crippen molar-refractivity contribution in [1.29, 1.82) is 0 Å². The van der Waals surface area contributed by atoms with Gasteiger partial charge in [0, 0.05) is 16.5 Å². The molecular weight excluding hydrogens is 636 g/mol. The minimum absolute atomic E-state index is 0. The SMILES string of the molecule is COc1nc(Cl)nc(Nc2ccc(N=Nc3cc(S(=O)(=O)O)c4cccc(S(=O)(=O)[O-])c4c3)c(N=C(C)[O-])c2)n1.[Na+].[Na+]. The average Bonchev–Trinajstić information content (AvgIpc) is 2.85. The fraction of sp³-hybridized carbons (Fsp3) is 0.0909. The predicted octanol–water partition coefficient (Wildman–Crippen LogP) is -2.59. The Kier molecular flexibility index (Phi) is 12.4. The summed E-state index contributed by atoms with van der Waals surface area (Å²) in [6, 6.07) is 9.71. The van der Waals surface area contributed by atoms with Gasteiger partial charge in [-0.2, -0.15) is 28.5 Å². The van der Waals surface area contributed by atoms with Gasteiger partial charge in [0.1, 0.15) is 20.7 Å². The second kappa shape index (κ2) is 14.5. The standard InChI is InChI=1S/C22H18ClN7O8S2.2Na/c1-11(31)24-17-9-12(25-21-26-20(23)27-22(28-21)38-2)6-7-16(17)30-29-13-8-15-14(19(10-13)40(35,36)37)4-3-5-18(15)39(32,33)34;;/h3-10H,1-2H3,(H,24,31)(H,32,33,34)(H,35,36,37)(H,25,26,27,28);;/q;2*+1/p-2. The summed E-state index contributed by atoms with van der Waals surface area (Å²) < 4.78 is 74.0. The fourth-order valence-corrected chi connectivity index (χ4v) is 5.02. The molecule has 2 N–H and O–H groups in total. The van der Waals surface area contributed by atoms with E-state index in [9.17, 15) is 31.0 Å². The number of azo groups is 1. The molecule has 15 nitrogen and oxygen atoms in total. The summed E-state index contributed by atoms with van der Waals surface area (Å²) in [5.74, 6) is -0.554. The van der Waals surface area contributed by atoms with Gasteiger partial charge in [-0.25, -0.2) is 8.42 Å². The Morgan fingerprint density at radius 2 is 1.67 bits per heavy atom. The molecule has 0 aliphatic rings. The smallest absolute Gasteiger partial charge is 0.862 e. The molecule has 4 aromatic rings. The number of benzene rings is 3. The first-order valence-electron chi connectivity index (χ1n) is 10.8. The molecule has 0 saturated carbocycles. The van der Waals surface area contributed by atoms with Gasteiger partial charge >= 0.3 is 65.1 Å². The van der Waals surface area contributed by atoms with Crippen molar-refractivity contribution in [2.24, 2.45) is 15.2 Å². The molecule has 0 amide bonds. The van der Waals surface area contributed by atoms with Crippen LogP contribution < -0.4 is 74.3 Å². The van der Waals surface area contributed by atoms with Crippen LogP contribution in [-0.4, -0.2) is 53.9 Å². The van der Waals surface area contributed by atoms with Gasteiger partial charge in [-0.3, -0.25) is 9.55 Å². The van der Waals surface area contributed by atoms with Crippen molar-refractivity contribution in [3.05, 3.63) is 53.8 Å². The number of rotatable bonds is 8. The number of nitrogens with one attached hydrogen (secondary N) is 1. The quantitative estimate of drug-likeness (QED) is 0.0657. The first kappa shape index (κ1) is 35.9. The maximum Gasteiger partial charge on any atom is 1.00 e. The van der Waals surface area contributed by atoms with E-state index in [0.29, 0.717) is 5.69 Å². The molecule has 208 valence electrons. The molecule has 0 spiro atoms. The summed E-state index contributed by atoms with van der Waals surface area (Å²) in [4.78, 5) is 14.2. The first-order chi connectivity index (χ1) is 18.7. The Morgan fingerprint density at radius 3 is 2.29 bits per heavy atom.